The summed E-state index contributed by atoms with van der Waals surface area (Å²) >= 11 is 0. The van der Waals surface area contributed by atoms with Crippen molar-refractivity contribution in [3.8, 4) is 5.75 Å². The van der Waals surface area contributed by atoms with Crippen LogP contribution in [0.5, 0.6) is 5.75 Å². The molecule has 0 radical (unpaired) electrons. The number of benzene rings is 2. The predicted molar refractivity (Wildman–Crippen MR) is 136 cm³/mol. The largest absolute Gasteiger partial charge is 0.439 e. The van der Waals surface area contributed by atoms with Gasteiger partial charge in [0.2, 0.25) is 5.90 Å². The molecule has 0 saturated carbocycles. The van der Waals surface area contributed by atoms with Crippen LogP contribution in [0.3, 0.4) is 0 Å². The number of allylic oxidation sites excluding steroid dienone is 1. The van der Waals surface area contributed by atoms with E-state index in [2.05, 4.69) is 39.3 Å². The van der Waals surface area contributed by atoms with Crippen LogP contribution >= 0.6 is 0 Å². The van der Waals surface area contributed by atoms with Crippen LogP contribution < -0.4 is 20.7 Å². The number of aliphatic imine (C=N–C) groups is 1. The Kier molecular flexibility index (Phi) is 8.76. The molecular weight excluding hydrogens is 471 g/mol. The standard InChI is InChI=1S/C26H30F3N5O2/c1-5-31-24(14-18(3)34-13-12-30-16-19(34)4)36-22-10-8-20(9-11-22)32-25(35)33-21-7-6-17(2)23(15-21)26(27,28)29/h5-11,14-15,19,30H,1,12-13,16H2,2-4H3,(H2,32,33,35)/b18-14+,31-24?/t19-/m1/s1. The third-order valence-electron chi connectivity index (χ3n) is 5.64. The lowest BCUT2D eigenvalue weighted by Crippen LogP contribution is -2.48. The second-order valence-electron chi connectivity index (χ2n) is 8.42. The molecule has 36 heavy (non-hydrogen) atoms. The molecule has 2 aromatic carbocycles. The molecule has 192 valence electrons. The van der Waals surface area contributed by atoms with Crippen LogP contribution in [0.4, 0.5) is 29.3 Å². The lowest BCUT2D eigenvalue weighted by atomic mass is 10.1. The molecule has 2 amide bonds. The van der Waals surface area contributed by atoms with E-state index < -0.39 is 17.8 Å². The van der Waals surface area contributed by atoms with Crippen LogP contribution in [-0.2, 0) is 6.18 Å². The summed E-state index contributed by atoms with van der Waals surface area (Å²) in [7, 11) is 0. The number of hydrogen-bond donors (Lipinski definition) is 3. The highest BCUT2D eigenvalue weighted by molar-refractivity contribution is 6.00. The van der Waals surface area contributed by atoms with Gasteiger partial charge in [-0.1, -0.05) is 12.6 Å². The summed E-state index contributed by atoms with van der Waals surface area (Å²) in [5.41, 5.74) is 0.776. The molecule has 1 aliphatic rings. The highest BCUT2D eigenvalue weighted by atomic mass is 19.4. The van der Waals surface area contributed by atoms with Gasteiger partial charge in [-0.15, -0.1) is 0 Å². The van der Waals surface area contributed by atoms with Crippen molar-refractivity contribution in [2.45, 2.75) is 33.0 Å². The van der Waals surface area contributed by atoms with Crippen LogP contribution in [-0.4, -0.2) is 42.5 Å². The van der Waals surface area contributed by atoms with Crippen LogP contribution in [0.1, 0.15) is 25.0 Å². The summed E-state index contributed by atoms with van der Waals surface area (Å²) in [6.07, 6.45) is -1.26. The average Bonchev–Trinajstić information content (AvgIpc) is 2.81. The van der Waals surface area contributed by atoms with Crippen molar-refractivity contribution >= 4 is 23.3 Å². The Hall–Kier alpha value is -3.79. The summed E-state index contributed by atoms with van der Waals surface area (Å²) in [4.78, 5) is 18.8. The predicted octanol–water partition coefficient (Wildman–Crippen LogP) is 5.78. The third-order valence-corrected chi connectivity index (χ3v) is 5.64. The SMILES string of the molecule is C=CN=C(/C=C(\C)N1CCNC[C@H]1C)Oc1ccc(NC(=O)Nc2ccc(C)c(C(F)(F)F)c2)cc1. The van der Waals surface area contributed by atoms with E-state index in [0.29, 0.717) is 23.4 Å². The van der Waals surface area contributed by atoms with Crippen molar-refractivity contribution in [1.82, 2.24) is 10.2 Å². The molecule has 1 fully saturated rings. The number of rotatable bonds is 6. The molecule has 7 nitrogen and oxygen atoms in total. The van der Waals surface area contributed by atoms with Crippen molar-refractivity contribution in [1.29, 1.82) is 0 Å². The Labute approximate surface area is 208 Å². The number of anilines is 2. The number of hydrogen-bond acceptors (Lipinski definition) is 5. The number of ether oxygens (including phenoxy) is 1. The Morgan fingerprint density at radius 2 is 1.86 bits per heavy atom. The van der Waals surface area contributed by atoms with Crippen LogP contribution in [0.15, 0.2) is 72.0 Å². The van der Waals surface area contributed by atoms with Gasteiger partial charge in [-0.3, -0.25) is 0 Å². The Balaban J connectivity index is 1.63. The van der Waals surface area contributed by atoms with Gasteiger partial charge in [-0.2, -0.15) is 13.2 Å². The smallest absolute Gasteiger partial charge is 0.416 e. The number of alkyl halides is 3. The molecule has 1 heterocycles. The lowest BCUT2D eigenvalue weighted by molar-refractivity contribution is -0.138. The molecule has 10 heteroatoms. The molecular formula is C26H30F3N5O2. The number of nitrogens with one attached hydrogen (secondary N) is 3. The van der Waals surface area contributed by atoms with Crippen molar-refractivity contribution in [3.63, 3.8) is 0 Å². The molecule has 0 unspecified atom stereocenters. The normalized spacial score (nSPS) is 16.9. The minimum Gasteiger partial charge on any atom is -0.439 e. The minimum absolute atomic E-state index is 0.0385. The molecule has 3 N–H and O–H groups in total. The maximum Gasteiger partial charge on any atom is 0.416 e. The van der Waals surface area contributed by atoms with Gasteiger partial charge in [-0.25, -0.2) is 9.79 Å². The minimum atomic E-state index is -4.50. The first kappa shape index (κ1) is 26.8. The monoisotopic (exact) mass is 501 g/mol. The highest BCUT2D eigenvalue weighted by Gasteiger charge is 2.32. The van der Waals surface area contributed by atoms with Crippen LogP contribution in [0.2, 0.25) is 0 Å². The maximum atomic E-state index is 13.1. The molecule has 1 aliphatic heterocycles. The van der Waals surface area contributed by atoms with E-state index in [9.17, 15) is 18.0 Å². The maximum absolute atomic E-state index is 13.1. The Morgan fingerprint density at radius 1 is 1.19 bits per heavy atom. The first-order valence-corrected chi connectivity index (χ1v) is 11.4. The van der Waals surface area contributed by atoms with E-state index in [1.54, 1.807) is 24.3 Å². The van der Waals surface area contributed by atoms with Gasteiger partial charge in [0.15, 0.2) is 0 Å². The quantitative estimate of drug-likeness (QED) is 0.347. The number of amides is 2. The molecule has 0 aliphatic carbocycles. The molecule has 0 spiro atoms. The highest BCUT2D eigenvalue weighted by Crippen LogP contribution is 2.33. The second-order valence-corrected chi connectivity index (χ2v) is 8.42. The molecule has 1 atom stereocenters. The summed E-state index contributed by atoms with van der Waals surface area (Å²) in [5.74, 6) is 0.860. The summed E-state index contributed by atoms with van der Waals surface area (Å²) < 4.78 is 45.2. The van der Waals surface area contributed by atoms with Crippen molar-refractivity contribution in [3.05, 3.63) is 78.1 Å². The van der Waals surface area contributed by atoms with E-state index in [0.717, 1.165) is 31.4 Å². The van der Waals surface area contributed by atoms with Gasteiger partial charge >= 0.3 is 12.2 Å². The van der Waals surface area contributed by atoms with Crippen molar-refractivity contribution in [2.24, 2.45) is 4.99 Å². The first-order valence-electron chi connectivity index (χ1n) is 11.4. The van der Waals surface area contributed by atoms with Crippen LogP contribution in [0.25, 0.3) is 0 Å². The van der Waals surface area contributed by atoms with E-state index in [1.807, 2.05) is 13.0 Å². The number of piperazine rings is 1. The third kappa shape index (κ3) is 7.35. The lowest BCUT2D eigenvalue weighted by Gasteiger charge is -2.36. The zero-order valence-electron chi connectivity index (χ0n) is 20.4. The molecule has 0 bridgehead atoms. The Morgan fingerprint density at radius 3 is 2.50 bits per heavy atom. The van der Waals surface area contributed by atoms with Gasteiger partial charge in [0.25, 0.3) is 0 Å². The van der Waals surface area contributed by atoms with Gasteiger partial charge in [0.05, 0.1) is 5.56 Å². The number of halogens is 3. The van der Waals surface area contributed by atoms with E-state index in [4.69, 9.17) is 4.74 Å². The van der Waals surface area contributed by atoms with Crippen LogP contribution in [0, 0.1) is 6.92 Å². The first-order chi connectivity index (χ1) is 17.1. The number of carbonyl (C=O) groups excluding carboxylic acids is 1. The molecule has 2 aromatic rings. The van der Waals surface area contributed by atoms with Gasteiger partial charge in [0, 0.05) is 55.0 Å². The Bertz CT molecular complexity index is 1140. The second kappa shape index (κ2) is 11.8. The topological polar surface area (TPSA) is 78.0 Å². The molecule has 3 rings (SSSR count). The van der Waals surface area contributed by atoms with Gasteiger partial charge in [0.1, 0.15) is 5.75 Å². The van der Waals surface area contributed by atoms with Crippen molar-refractivity contribution in [2.75, 3.05) is 30.3 Å². The summed E-state index contributed by atoms with van der Waals surface area (Å²) in [6, 6.07) is 9.84. The van der Waals surface area contributed by atoms with E-state index in [-0.39, 0.29) is 11.3 Å². The fourth-order valence-corrected chi connectivity index (χ4v) is 3.84. The fraction of sp³-hybridized carbons (Fsp3) is 0.308. The van der Waals surface area contributed by atoms with E-state index in [1.165, 1.54) is 25.3 Å². The number of aryl methyl sites for hydroxylation is 1. The van der Waals surface area contributed by atoms with Gasteiger partial charge in [-0.05, 0) is 62.7 Å². The number of carbonyl (C=O) groups is 1. The van der Waals surface area contributed by atoms with E-state index >= 15 is 0 Å². The number of urea groups is 1. The summed E-state index contributed by atoms with van der Waals surface area (Å²) in [5, 5.41) is 8.37. The molecule has 0 aromatic heterocycles. The summed E-state index contributed by atoms with van der Waals surface area (Å²) in [6.45, 7) is 11.8. The fourth-order valence-electron chi connectivity index (χ4n) is 3.84. The zero-order valence-corrected chi connectivity index (χ0v) is 20.4. The van der Waals surface area contributed by atoms with Gasteiger partial charge < -0.3 is 25.6 Å². The zero-order chi connectivity index (χ0) is 26.3. The van der Waals surface area contributed by atoms with Crippen molar-refractivity contribution < 1.29 is 22.7 Å². The average molecular weight is 502 g/mol. The molecule has 1 saturated heterocycles. The number of nitrogens with zero attached hydrogens (tertiary/aromatic N) is 2.